The molecule has 0 saturated carbocycles. The average Bonchev–Trinajstić information content (AvgIpc) is 3.55. The van der Waals surface area contributed by atoms with Crippen molar-refractivity contribution >= 4 is 23.4 Å². The minimum Gasteiger partial charge on any atom is -0.461 e. The third-order valence-corrected chi connectivity index (χ3v) is 6.53. The number of hydrogen-bond donors (Lipinski definition) is 0. The Balaban J connectivity index is 1.42. The lowest BCUT2D eigenvalue weighted by molar-refractivity contribution is -0.130. The normalized spacial score (nSPS) is 15.8. The summed E-state index contributed by atoms with van der Waals surface area (Å²) in [4.78, 5) is 17.2. The van der Waals surface area contributed by atoms with E-state index >= 15 is 0 Å². The summed E-state index contributed by atoms with van der Waals surface area (Å²) < 4.78 is 13.1. The number of anilines is 1. The summed E-state index contributed by atoms with van der Waals surface area (Å²) in [5.74, 6) is 1.64. The predicted molar refractivity (Wildman–Crippen MR) is 125 cm³/mol. The Hall–Kier alpha value is -2.78. The van der Waals surface area contributed by atoms with Crippen LogP contribution in [-0.4, -0.2) is 64.7 Å². The van der Waals surface area contributed by atoms with E-state index in [9.17, 15) is 4.79 Å². The van der Waals surface area contributed by atoms with Crippen molar-refractivity contribution in [2.24, 2.45) is 7.05 Å². The number of carbonyl (C=O) groups is 1. The zero-order chi connectivity index (χ0) is 22.5. The second kappa shape index (κ2) is 10.2. The summed E-state index contributed by atoms with van der Waals surface area (Å²) in [5.41, 5.74) is 2.24. The van der Waals surface area contributed by atoms with E-state index in [2.05, 4.69) is 39.4 Å². The van der Waals surface area contributed by atoms with Crippen molar-refractivity contribution < 1.29 is 13.9 Å². The number of furan rings is 1. The molecule has 0 N–H and O–H groups in total. The van der Waals surface area contributed by atoms with E-state index in [1.54, 1.807) is 6.26 Å². The van der Waals surface area contributed by atoms with Crippen LogP contribution in [0.15, 0.2) is 52.2 Å². The van der Waals surface area contributed by atoms with Crippen LogP contribution in [0.5, 0.6) is 0 Å². The highest BCUT2D eigenvalue weighted by Crippen LogP contribution is 2.24. The number of benzene rings is 1. The van der Waals surface area contributed by atoms with Crippen LogP contribution in [0.3, 0.4) is 0 Å². The van der Waals surface area contributed by atoms with Crippen molar-refractivity contribution in [3.05, 3.63) is 48.2 Å². The third kappa shape index (κ3) is 5.34. The van der Waals surface area contributed by atoms with Gasteiger partial charge in [0.25, 0.3) is 0 Å². The van der Waals surface area contributed by atoms with E-state index in [1.165, 1.54) is 11.8 Å². The Labute approximate surface area is 192 Å². The van der Waals surface area contributed by atoms with E-state index in [0.717, 1.165) is 30.7 Å². The van der Waals surface area contributed by atoms with Crippen molar-refractivity contribution in [2.75, 3.05) is 37.9 Å². The molecule has 8 nitrogen and oxygen atoms in total. The molecule has 0 bridgehead atoms. The fraction of sp³-hybridized carbons (Fsp3) is 0.435. The quantitative estimate of drug-likeness (QED) is 0.458. The Morgan fingerprint density at radius 3 is 2.69 bits per heavy atom. The lowest BCUT2D eigenvalue weighted by Gasteiger charge is -2.26. The van der Waals surface area contributed by atoms with Crippen molar-refractivity contribution in [1.82, 2.24) is 19.7 Å². The van der Waals surface area contributed by atoms with Gasteiger partial charge in [-0.3, -0.25) is 4.79 Å². The number of amides is 1. The molecule has 1 saturated heterocycles. The maximum Gasteiger partial charge on any atom is 0.233 e. The predicted octanol–water partition coefficient (Wildman–Crippen LogP) is 3.44. The van der Waals surface area contributed by atoms with Gasteiger partial charge in [0.2, 0.25) is 5.91 Å². The molecule has 32 heavy (non-hydrogen) atoms. The number of nitrogens with zero attached hydrogens (tertiary/aromatic N) is 5. The van der Waals surface area contributed by atoms with Gasteiger partial charge in [-0.15, -0.1) is 10.2 Å². The standard InChI is InChI=1S/C23H29N5O3S/c1-26(2)18-10-8-17(9-11-18)14-28(15-19-6-4-12-30-19)21(29)16-32-23-25-24-22(27(23)3)20-7-5-13-31-20/h5,7-11,13,19H,4,6,12,14-16H2,1-3H3/t19-/m0/s1. The van der Waals surface area contributed by atoms with Crippen molar-refractivity contribution in [3.63, 3.8) is 0 Å². The highest BCUT2D eigenvalue weighted by Gasteiger charge is 2.24. The van der Waals surface area contributed by atoms with Gasteiger partial charge in [-0.05, 0) is 42.7 Å². The molecular weight excluding hydrogens is 426 g/mol. The van der Waals surface area contributed by atoms with E-state index in [0.29, 0.717) is 29.8 Å². The summed E-state index contributed by atoms with van der Waals surface area (Å²) >= 11 is 1.39. The van der Waals surface area contributed by atoms with Crippen LogP contribution >= 0.6 is 11.8 Å². The number of rotatable bonds is 9. The van der Waals surface area contributed by atoms with Gasteiger partial charge in [-0.1, -0.05) is 23.9 Å². The van der Waals surface area contributed by atoms with Gasteiger partial charge in [0.15, 0.2) is 16.7 Å². The van der Waals surface area contributed by atoms with Crippen LogP contribution in [0.2, 0.25) is 0 Å². The monoisotopic (exact) mass is 455 g/mol. The molecule has 3 heterocycles. The Morgan fingerprint density at radius 1 is 1.22 bits per heavy atom. The molecule has 2 aromatic heterocycles. The number of aromatic nitrogens is 3. The molecule has 1 amide bonds. The van der Waals surface area contributed by atoms with Gasteiger partial charge in [0.1, 0.15) is 0 Å². The first-order chi connectivity index (χ1) is 15.5. The minimum atomic E-state index is 0.0599. The molecule has 1 atom stereocenters. The van der Waals surface area contributed by atoms with Gasteiger partial charge < -0.3 is 23.5 Å². The van der Waals surface area contributed by atoms with E-state index in [1.807, 2.05) is 42.7 Å². The van der Waals surface area contributed by atoms with Crippen LogP contribution < -0.4 is 4.90 Å². The van der Waals surface area contributed by atoms with E-state index < -0.39 is 0 Å². The molecule has 3 aromatic rings. The van der Waals surface area contributed by atoms with Crippen LogP contribution in [0.1, 0.15) is 18.4 Å². The van der Waals surface area contributed by atoms with Gasteiger partial charge in [-0.2, -0.15) is 0 Å². The number of thioether (sulfide) groups is 1. The molecule has 4 rings (SSSR count). The summed E-state index contributed by atoms with van der Waals surface area (Å²) in [6.45, 7) is 1.93. The second-order valence-corrected chi connectivity index (χ2v) is 9.04. The first-order valence-corrected chi connectivity index (χ1v) is 11.7. The Morgan fingerprint density at radius 2 is 2.03 bits per heavy atom. The summed E-state index contributed by atoms with van der Waals surface area (Å²) in [6.07, 6.45) is 3.75. The van der Waals surface area contributed by atoms with Crippen LogP contribution in [-0.2, 0) is 23.1 Å². The largest absolute Gasteiger partial charge is 0.461 e. The van der Waals surface area contributed by atoms with Crippen LogP contribution in [0.4, 0.5) is 5.69 Å². The molecule has 1 fully saturated rings. The Kier molecular flexibility index (Phi) is 7.16. The van der Waals surface area contributed by atoms with Gasteiger partial charge >= 0.3 is 0 Å². The summed E-state index contributed by atoms with van der Waals surface area (Å²) in [7, 11) is 5.91. The van der Waals surface area contributed by atoms with Gasteiger partial charge in [-0.25, -0.2) is 0 Å². The van der Waals surface area contributed by atoms with Gasteiger partial charge in [0.05, 0.1) is 18.1 Å². The van der Waals surface area contributed by atoms with Crippen molar-refractivity contribution in [3.8, 4) is 11.6 Å². The first-order valence-electron chi connectivity index (χ1n) is 10.7. The Bertz CT molecular complexity index is 1010. The highest BCUT2D eigenvalue weighted by atomic mass is 32.2. The molecule has 1 aliphatic rings. The lowest BCUT2D eigenvalue weighted by atomic mass is 10.1. The topological polar surface area (TPSA) is 76.6 Å². The molecule has 170 valence electrons. The molecular formula is C23H29N5O3S. The molecule has 0 spiro atoms. The third-order valence-electron chi connectivity index (χ3n) is 5.53. The number of ether oxygens (including phenoxy) is 1. The molecule has 0 aliphatic carbocycles. The number of hydrogen-bond acceptors (Lipinski definition) is 7. The maximum absolute atomic E-state index is 13.2. The molecule has 1 aromatic carbocycles. The SMILES string of the molecule is CN(C)c1ccc(CN(C[C@@H]2CCCO2)C(=O)CSc2nnc(-c3ccco3)n2C)cc1. The summed E-state index contributed by atoms with van der Waals surface area (Å²) in [5, 5.41) is 9.11. The zero-order valence-electron chi connectivity index (χ0n) is 18.7. The molecule has 0 radical (unpaired) electrons. The smallest absolute Gasteiger partial charge is 0.233 e. The molecule has 1 aliphatic heterocycles. The average molecular weight is 456 g/mol. The zero-order valence-corrected chi connectivity index (χ0v) is 19.5. The minimum absolute atomic E-state index is 0.0599. The lowest BCUT2D eigenvalue weighted by Crippen LogP contribution is -2.38. The fourth-order valence-corrected chi connectivity index (χ4v) is 4.50. The van der Waals surface area contributed by atoms with Crippen LogP contribution in [0, 0.1) is 0 Å². The fourth-order valence-electron chi connectivity index (χ4n) is 3.69. The highest BCUT2D eigenvalue weighted by molar-refractivity contribution is 7.99. The van der Waals surface area contributed by atoms with E-state index in [-0.39, 0.29) is 17.8 Å². The first kappa shape index (κ1) is 22.4. The van der Waals surface area contributed by atoms with Crippen LogP contribution in [0.25, 0.3) is 11.6 Å². The number of carbonyl (C=O) groups excluding carboxylic acids is 1. The van der Waals surface area contributed by atoms with E-state index in [4.69, 9.17) is 9.15 Å². The maximum atomic E-state index is 13.2. The molecule has 0 unspecified atom stereocenters. The van der Waals surface area contributed by atoms with Crippen molar-refractivity contribution in [2.45, 2.75) is 30.6 Å². The molecule has 9 heteroatoms. The van der Waals surface area contributed by atoms with Gasteiger partial charge in [0, 0.05) is 46.5 Å². The van der Waals surface area contributed by atoms with Crippen molar-refractivity contribution in [1.29, 1.82) is 0 Å². The second-order valence-electron chi connectivity index (χ2n) is 8.10. The summed E-state index contributed by atoms with van der Waals surface area (Å²) in [6, 6.07) is 12.0.